The van der Waals surface area contributed by atoms with Crippen LogP contribution in [0.2, 0.25) is 0 Å². The highest BCUT2D eigenvalue weighted by Crippen LogP contribution is 2.33. The Morgan fingerprint density at radius 2 is 2.04 bits per heavy atom. The van der Waals surface area contributed by atoms with Crippen molar-refractivity contribution in [1.82, 2.24) is 10.6 Å². The van der Waals surface area contributed by atoms with Crippen LogP contribution in [-0.4, -0.2) is 30.2 Å². The van der Waals surface area contributed by atoms with Gasteiger partial charge in [0.15, 0.2) is 11.7 Å². The van der Waals surface area contributed by atoms with Gasteiger partial charge in [-0.05, 0) is 32.1 Å². The quantitative estimate of drug-likeness (QED) is 0.518. The Kier molecular flexibility index (Phi) is 5.75. The van der Waals surface area contributed by atoms with Gasteiger partial charge < -0.3 is 25.8 Å². The Morgan fingerprint density at radius 1 is 1.33 bits per heavy atom. The number of amides is 1. The Morgan fingerprint density at radius 3 is 2.71 bits per heavy atom. The molecule has 1 amide bonds. The van der Waals surface area contributed by atoms with Crippen molar-refractivity contribution in [2.45, 2.75) is 19.9 Å². The summed E-state index contributed by atoms with van der Waals surface area (Å²) in [6, 6.07) is 6.50. The van der Waals surface area contributed by atoms with E-state index in [1.54, 1.807) is 38.1 Å². The molecule has 0 fully saturated rings. The zero-order valence-electron chi connectivity index (χ0n) is 13.4. The number of rotatable bonds is 6. The number of carbonyl (C=O) groups is 2. The standard InChI is InChI=1S/C16H19N3O4S/c1-3-22-15(21)13-9(2)18-16(24)19-14(13)10-6-4-5-7-11(10)23-8-12(17)20/h4-7,14H,3,8H2,1-2H3,(H2,17,20)(H2,18,19,24). The maximum absolute atomic E-state index is 12.4. The van der Waals surface area contributed by atoms with E-state index in [0.29, 0.717) is 27.7 Å². The number of benzene rings is 1. The van der Waals surface area contributed by atoms with Crippen LogP contribution in [0, 0.1) is 0 Å². The summed E-state index contributed by atoms with van der Waals surface area (Å²) in [5.74, 6) is -0.601. The molecule has 1 heterocycles. The minimum absolute atomic E-state index is 0.257. The molecule has 0 saturated heterocycles. The van der Waals surface area contributed by atoms with Gasteiger partial charge in [-0.25, -0.2) is 4.79 Å². The maximum atomic E-state index is 12.4. The number of primary amides is 1. The predicted octanol–water partition coefficient (Wildman–Crippen LogP) is 0.907. The molecule has 0 aliphatic carbocycles. The van der Waals surface area contributed by atoms with Gasteiger partial charge in [0.2, 0.25) is 0 Å². The zero-order valence-corrected chi connectivity index (χ0v) is 14.2. The average Bonchev–Trinajstić information content (AvgIpc) is 2.52. The molecule has 4 N–H and O–H groups in total. The van der Waals surface area contributed by atoms with Crippen molar-refractivity contribution in [3.63, 3.8) is 0 Å². The smallest absolute Gasteiger partial charge is 0.338 e. The summed E-state index contributed by atoms with van der Waals surface area (Å²) in [5, 5.41) is 6.35. The summed E-state index contributed by atoms with van der Waals surface area (Å²) in [6.07, 6.45) is 0. The van der Waals surface area contributed by atoms with Crippen LogP contribution in [0.15, 0.2) is 35.5 Å². The zero-order chi connectivity index (χ0) is 17.7. The second-order valence-electron chi connectivity index (χ2n) is 5.08. The molecular formula is C16H19N3O4S. The van der Waals surface area contributed by atoms with Crippen LogP contribution in [0.4, 0.5) is 0 Å². The van der Waals surface area contributed by atoms with E-state index >= 15 is 0 Å². The van der Waals surface area contributed by atoms with E-state index in [4.69, 9.17) is 27.4 Å². The Bertz CT molecular complexity index is 702. The van der Waals surface area contributed by atoms with Crippen molar-refractivity contribution in [2.75, 3.05) is 13.2 Å². The van der Waals surface area contributed by atoms with Gasteiger partial charge in [0.1, 0.15) is 5.75 Å². The summed E-state index contributed by atoms with van der Waals surface area (Å²) in [4.78, 5) is 23.3. The van der Waals surface area contributed by atoms with E-state index in [-0.39, 0.29) is 13.2 Å². The van der Waals surface area contributed by atoms with Crippen molar-refractivity contribution < 1.29 is 19.1 Å². The van der Waals surface area contributed by atoms with Gasteiger partial charge in [0, 0.05) is 11.3 Å². The second-order valence-corrected chi connectivity index (χ2v) is 5.49. The van der Waals surface area contributed by atoms with Crippen LogP contribution in [0.3, 0.4) is 0 Å². The summed E-state index contributed by atoms with van der Waals surface area (Å²) in [7, 11) is 0. The lowest BCUT2D eigenvalue weighted by Gasteiger charge is -2.30. The minimum atomic E-state index is -0.587. The molecule has 128 valence electrons. The highest BCUT2D eigenvalue weighted by atomic mass is 32.1. The molecule has 7 nitrogen and oxygen atoms in total. The highest BCUT2D eigenvalue weighted by Gasteiger charge is 2.32. The Balaban J connectivity index is 2.44. The number of ether oxygens (including phenoxy) is 2. The highest BCUT2D eigenvalue weighted by molar-refractivity contribution is 7.80. The van der Waals surface area contributed by atoms with Crippen molar-refractivity contribution in [1.29, 1.82) is 0 Å². The van der Waals surface area contributed by atoms with E-state index in [9.17, 15) is 9.59 Å². The Labute approximate surface area is 145 Å². The minimum Gasteiger partial charge on any atom is -0.483 e. The van der Waals surface area contributed by atoms with Crippen molar-refractivity contribution in [2.24, 2.45) is 5.73 Å². The van der Waals surface area contributed by atoms with Crippen LogP contribution in [0.25, 0.3) is 0 Å². The third-order valence-corrected chi connectivity index (χ3v) is 3.58. The first kappa shape index (κ1) is 17.7. The van der Waals surface area contributed by atoms with Gasteiger partial charge in [-0.15, -0.1) is 0 Å². The second kappa shape index (κ2) is 7.78. The molecule has 0 saturated carbocycles. The predicted molar refractivity (Wildman–Crippen MR) is 92.1 cm³/mol. The molecule has 24 heavy (non-hydrogen) atoms. The van der Waals surface area contributed by atoms with E-state index in [1.807, 2.05) is 0 Å². The lowest BCUT2D eigenvalue weighted by Crippen LogP contribution is -2.45. The SMILES string of the molecule is CCOC(=O)C1=C(C)NC(=S)NC1c1ccccc1OCC(N)=O. The Hall–Kier alpha value is -2.61. The van der Waals surface area contributed by atoms with Gasteiger partial charge in [0.05, 0.1) is 18.2 Å². The van der Waals surface area contributed by atoms with Crippen LogP contribution in [-0.2, 0) is 14.3 Å². The first-order chi connectivity index (χ1) is 11.4. The van der Waals surface area contributed by atoms with Crippen molar-refractivity contribution in [3.05, 3.63) is 41.1 Å². The third kappa shape index (κ3) is 4.02. The number of allylic oxidation sites excluding steroid dienone is 1. The molecule has 0 aromatic heterocycles. The molecule has 8 heteroatoms. The van der Waals surface area contributed by atoms with Gasteiger partial charge in [0.25, 0.3) is 5.91 Å². The molecular weight excluding hydrogens is 330 g/mol. The molecule has 1 atom stereocenters. The fourth-order valence-corrected chi connectivity index (χ4v) is 2.68. The maximum Gasteiger partial charge on any atom is 0.338 e. The van der Waals surface area contributed by atoms with E-state index in [1.165, 1.54) is 0 Å². The van der Waals surface area contributed by atoms with Crippen LogP contribution < -0.4 is 21.1 Å². The third-order valence-electron chi connectivity index (χ3n) is 3.36. The van der Waals surface area contributed by atoms with Gasteiger partial charge in [-0.3, -0.25) is 4.79 Å². The van der Waals surface area contributed by atoms with Crippen molar-refractivity contribution in [3.8, 4) is 5.75 Å². The monoisotopic (exact) mass is 349 g/mol. The van der Waals surface area contributed by atoms with E-state index < -0.39 is 17.9 Å². The number of nitrogens with one attached hydrogen (secondary N) is 2. The largest absolute Gasteiger partial charge is 0.483 e. The van der Waals surface area contributed by atoms with Gasteiger partial charge >= 0.3 is 5.97 Å². The lowest BCUT2D eigenvalue weighted by atomic mass is 9.95. The molecule has 0 bridgehead atoms. The van der Waals surface area contributed by atoms with Crippen LogP contribution in [0.1, 0.15) is 25.5 Å². The number of esters is 1. The number of nitrogens with two attached hydrogens (primary N) is 1. The molecule has 1 aliphatic heterocycles. The first-order valence-electron chi connectivity index (χ1n) is 7.39. The number of hydrogen-bond donors (Lipinski definition) is 3. The molecule has 0 radical (unpaired) electrons. The van der Waals surface area contributed by atoms with Crippen LogP contribution in [0.5, 0.6) is 5.75 Å². The van der Waals surface area contributed by atoms with Gasteiger partial charge in [-0.2, -0.15) is 0 Å². The summed E-state index contributed by atoms with van der Waals surface area (Å²) >= 11 is 5.19. The average molecular weight is 349 g/mol. The number of carbonyl (C=O) groups excluding carboxylic acids is 2. The number of thiocarbonyl (C=S) groups is 1. The first-order valence-corrected chi connectivity index (χ1v) is 7.80. The number of hydrogen-bond acceptors (Lipinski definition) is 5. The number of para-hydroxylation sites is 1. The fourth-order valence-electron chi connectivity index (χ4n) is 2.41. The van der Waals surface area contributed by atoms with E-state index in [0.717, 1.165) is 0 Å². The molecule has 1 aromatic rings. The topological polar surface area (TPSA) is 103 Å². The fraction of sp³-hybridized carbons (Fsp3) is 0.312. The lowest BCUT2D eigenvalue weighted by molar-refractivity contribution is -0.139. The molecule has 1 aromatic carbocycles. The molecule has 0 spiro atoms. The molecule has 2 rings (SSSR count). The molecule has 1 aliphatic rings. The normalized spacial score (nSPS) is 16.9. The molecule has 1 unspecified atom stereocenters. The summed E-state index contributed by atoms with van der Waals surface area (Å²) < 4.78 is 10.6. The van der Waals surface area contributed by atoms with Crippen LogP contribution >= 0.6 is 12.2 Å². The van der Waals surface area contributed by atoms with E-state index in [2.05, 4.69) is 10.6 Å². The van der Waals surface area contributed by atoms with Crippen molar-refractivity contribution >= 4 is 29.2 Å². The summed E-state index contributed by atoms with van der Waals surface area (Å²) in [6.45, 7) is 3.48. The summed E-state index contributed by atoms with van der Waals surface area (Å²) in [5.41, 5.74) is 6.80. The van der Waals surface area contributed by atoms with Gasteiger partial charge in [-0.1, -0.05) is 18.2 Å².